The number of allylic oxidation sites excluding steroid dienone is 1. The molecular weight excluding hydrogens is 374 g/mol. The number of aliphatic hydroxyl groups excluding tert-OH is 1. The molecule has 0 aromatic rings. The van der Waals surface area contributed by atoms with E-state index >= 15 is 8.78 Å². The normalized spacial score (nSPS) is 51.6. The highest BCUT2D eigenvalue weighted by molar-refractivity contribution is 5.33. The van der Waals surface area contributed by atoms with Crippen molar-refractivity contribution in [3.8, 4) is 0 Å². The number of rotatable bonds is 2. The number of hydrogen-bond donors (Lipinski definition) is 1. The number of halogens is 2. The molecule has 4 aliphatic carbocycles. The molecule has 3 unspecified atom stereocenters. The quantitative estimate of drug-likeness (QED) is 0.614. The fraction of sp³-hybridized carbons (Fsp3) is 0.917. The highest BCUT2D eigenvalue weighted by Gasteiger charge is 2.65. The third-order valence-electron chi connectivity index (χ3n) is 9.38. The Bertz CT molecular complexity index is 673. The van der Waals surface area contributed by atoms with Crippen molar-refractivity contribution < 1.29 is 23.4 Å². The summed E-state index contributed by atoms with van der Waals surface area (Å²) in [5.74, 6) is -1.78. The molecule has 0 spiro atoms. The van der Waals surface area contributed by atoms with Crippen LogP contribution in [0.25, 0.3) is 0 Å². The minimum Gasteiger partial charge on any atom is -0.390 e. The standard InChI is InChI=1S/C24H36F2O3/c1-22-11-5-6-16(22)15-8-9-19-23(2,17(15)10-12-22)14-18(27)21(24(19,25)26)29-20-7-3-4-13-28-20/h9,15-18,20-21,27H,3-8,10-14H2,1-2H3/t15-,16-,17+,18?,20?,21?,22-,23+/m0/s1. The summed E-state index contributed by atoms with van der Waals surface area (Å²) in [6, 6.07) is 0. The van der Waals surface area contributed by atoms with Crippen molar-refractivity contribution >= 4 is 0 Å². The van der Waals surface area contributed by atoms with Crippen LogP contribution in [0, 0.1) is 28.6 Å². The summed E-state index contributed by atoms with van der Waals surface area (Å²) in [6.45, 7) is 4.96. The molecule has 3 saturated carbocycles. The van der Waals surface area contributed by atoms with Crippen LogP contribution in [-0.4, -0.2) is 36.1 Å². The van der Waals surface area contributed by atoms with E-state index in [1.54, 1.807) is 0 Å². The summed E-state index contributed by atoms with van der Waals surface area (Å²) in [6.07, 6.45) is 8.11. The van der Waals surface area contributed by atoms with E-state index in [1.807, 2.05) is 13.0 Å². The van der Waals surface area contributed by atoms with Gasteiger partial charge in [-0.25, -0.2) is 0 Å². The third kappa shape index (κ3) is 3.05. The van der Waals surface area contributed by atoms with Gasteiger partial charge in [-0.05, 0) is 81.0 Å². The molecule has 1 N–H and O–H groups in total. The Balaban J connectivity index is 1.44. The molecule has 0 aromatic carbocycles. The van der Waals surface area contributed by atoms with Gasteiger partial charge in [-0.3, -0.25) is 0 Å². The summed E-state index contributed by atoms with van der Waals surface area (Å²) >= 11 is 0. The van der Waals surface area contributed by atoms with Crippen molar-refractivity contribution in [1.82, 2.24) is 0 Å². The van der Waals surface area contributed by atoms with Gasteiger partial charge in [-0.1, -0.05) is 26.3 Å². The van der Waals surface area contributed by atoms with E-state index in [4.69, 9.17) is 9.47 Å². The van der Waals surface area contributed by atoms with Gasteiger partial charge < -0.3 is 14.6 Å². The molecule has 5 rings (SSSR count). The van der Waals surface area contributed by atoms with Gasteiger partial charge in [0, 0.05) is 17.6 Å². The van der Waals surface area contributed by atoms with Crippen LogP contribution in [0.2, 0.25) is 0 Å². The summed E-state index contributed by atoms with van der Waals surface area (Å²) in [5, 5.41) is 10.9. The van der Waals surface area contributed by atoms with E-state index in [2.05, 4.69) is 6.92 Å². The van der Waals surface area contributed by atoms with E-state index in [-0.39, 0.29) is 11.5 Å². The number of ether oxygens (including phenoxy) is 2. The molecule has 1 heterocycles. The molecule has 0 bridgehead atoms. The molecule has 0 radical (unpaired) electrons. The van der Waals surface area contributed by atoms with Crippen LogP contribution < -0.4 is 0 Å². The van der Waals surface area contributed by atoms with Crippen LogP contribution in [0.1, 0.15) is 78.1 Å². The average Bonchev–Trinajstić information content (AvgIpc) is 3.07. The first-order valence-corrected chi connectivity index (χ1v) is 11.8. The van der Waals surface area contributed by atoms with E-state index in [9.17, 15) is 5.11 Å². The molecule has 1 aliphatic heterocycles. The second-order valence-corrected chi connectivity index (χ2v) is 11.0. The van der Waals surface area contributed by atoms with Gasteiger partial charge >= 0.3 is 0 Å². The first-order chi connectivity index (χ1) is 13.8. The second kappa shape index (κ2) is 7.00. The molecule has 4 fully saturated rings. The molecule has 164 valence electrons. The summed E-state index contributed by atoms with van der Waals surface area (Å²) in [7, 11) is 0. The van der Waals surface area contributed by atoms with E-state index in [1.165, 1.54) is 19.3 Å². The SMILES string of the molecule is C[C@@]12CCC[C@H]1[C@@H]1CC=C3C(F)(F)C(OC4CCCCO4)C(O)C[C@]3(C)[C@@H]1CC2. The third-order valence-corrected chi connectivity index (χ3v) is 9.38. The van der Waals surface area contributed by atoms with Gasteiger partial charge in [0.15, 0.2) is 12.4 Å². The maximum absolute atomic E-state index is 15.7. The minimum absolute atomic E-state index is 0.235. The zero-order valence-electron chi connectivity index (χ0n) is 17.8. The minimum atomic E-state index is -3.14. The molecule has 5 heteroatoms. The van der Waals surface area contributed by atoms with E-state index < -0.39 is 29.8 Å². The number of aliphatic hydroxyl groups is 1. The largest absolute Gasteiger partial charge is 0.390 e. The number of fused-ring (bicyclic) bond motifs is 5. The Labute approximate surface area is 173 Å². The van der Waals surface area contributed by atoms with Crippen molar-refractivity contribution in [2.75, 3.05) is 6.61 Å². The smallest absolute Gasteiger partial charge is 0.298 e. The Hall–Kier alpha value is -0.520. The Kier molecular flexibility index (Phi) is 4.92. The fourth-order valence-corrected chi connectivity index (χ4v) is 7.96. The lowest BCUT2D eigenvalue weighted by atomic mass is 9.47. The molecule has 5 aliphatic rings. The lowest BCUT2D eigenvalue weighted by Gasteiger charge is -2.59. The fourth-order valence-electron chi connectivity index (χ4n) is 7.96. The first kappa shape index (κ1) is 20.4. The first-order valence-electron chi connectivity index (χ1n) is 11.8. The maximum Gasteiger partial charge on any atom is 0.298 e. The monoisotopic (exact) mass is 410 g/mol. The van der Waals surface area contributed by atoms with Crippen molar-refractivity contribution in [2.45, 2.75) is 102 Å². The Morgan fingerprint density at radius 2 is 1.90 bits per heavy atom. The number of hydrogen-bond acceptors (Lipinski definition) is 3. The summed E-state index contributed by atoms with van der Waals surface area (Å²) in [5.41, 5.74) is -0.00922. The van der Waals surface area contributed by atoms with Crippen molar-refractivity contribution in [3.05, 3.63) is 11.6 Å². The highest BCUT2D eigenvalue weighted by Crippen LogP contribution is 2.66. The lowest BCUT2D eigenvalue weighted by Crippen LogP contribution is -2.61. The van der Waals surface area contributed by atoms with E-state index in [0.29, 0.717) is 36.7 Å². The Morgan fingerprint density at radius 3 is 2.66 bits per heavy atom. The molecule has 3 nitrogen and oxygen atoms in total. The topological polar surface area (TPSA) is 38.7 Å². The molecular formula is C24H36F2O3. The Morgan fingerprint density at radius 1 is 1.07 bits per heavy atom. The van der Waals surface area contributed by atoms with Gasteiger partial charge in [0.05, 0.1) is 6.10 Å². The summed E-state index contributed by atoms with van der Waals surface area (Å²) < 4.78 is 42.8. The van der Waals surface area contributed by atoms with Crippen LogP contribution >= 0.6 is 0 Å². The van der Waals surface area contributed by atoms with Crippen molar-refractivity contribution in [1.29, 1.82) is 0 Å². The van der Waals surface area contributed by atoms with Crippen LogP contribution in [0.15, 0.2) is 11.6 Å². The zero-order valence-corrected chi connectivity index (χ0v) is 17.8. The van der Waals surface area contributed by atoms with Crippen LogP contribution in [0.3, 0.4) is 0 Å². The van der Waals surface area contributed by atoms with Crippen LogP contribution in [-0.2, 0) is 9.47 Å². The van der Waals surface area contributed by atoms with Gasteiger partial charge in [-0.15, -0.1) is 0 Å². The van der Waals surface area contributed by atoms with E-state index in [0.717, 1.165) is 32.1 Å². The van der Waals surface area contributed by atoms with Gasteiger partial charge in [-0.2, -0.15) is 8.78 Å². The molecule has 29 heavy (non-hydrogen) atoms. The number of alkyl halides is 2. The average molecular weight is 411 g/mol. The molecule has 0 aromatic heterocycles. The van der Waals surface area contributed by atoms with Crippen molar-refractivity contribution in [3.63, 3.8) is 0 Å². The predicted octanol–water partition coefficient (Wildman–Crippen LogP) is 5.47. The molecule has 1 saturated heterocycles. The zero-order chi connectivity index (χ0) is 20.4. The maximum atomic E-state index is 15.7. The van der Waals surface area contributed by atoms with Crippen LogP contribution in [0.5, 0.6) is 0 Å². The molecule has 8 atom stereocenters. The second-order valence-electron chi connectivity index (χ2n) is 11.0. The van der Waals surface area contributed by atoms with Gasteiger partial charge in [0.1, 0.15) is 0 Å². The highest BCUT2D eigenvalue weighted by atomic mass is 19.3. The van der Waals surface area contributed by atoms with Gasteiger partial charge in [0.25, 0.3) is 5.92 Å². The molecule has 0 amide bonds. The summed E-state index contributed by atoms with van der Waals surface area (Å²) in [4.78, 5) is 0. The van der Waals surface area contributed by atoms with Crippen molar-refractivity contribution in [2.24, 2.45) is 28.6 Å². The van der Waals surface area contributed by atoms with Gasteiger partial charge in [0.2, 0.25) is 0 Å². The lowest BCUT2D eigenvalue weighted by molar-refractivity contribution is -0.271. The van der Waals surface area contributed by atoms with Crippen LogP contribution in [0.4, 0.5) is 8.78 Å². The predicted molar refractivity (Wildman–Crippen MR) is 107 cm³/mol.